The highest BCUT2D eigenvalue weighted by molar-refractivity contribution is 7.94. The Kier molecular flexibility index (Phi) is 5.95. The lowest BCUT2D eigenvalue weighted by Crippen LogP contribution is -2.37. The molecule has 1 aliphatic rings. The Labute approximate surface area is 165 Å². The van der Waals surface area contributed by atoms with E-state index in [0.717, 1.165) is 22.4 Å². The summed E-state index contributed by atoms with van der Waals surface area (Å²) in [6.07, 6.45) is 2.00. The van der Waals surface area contributed by atoms with Crippen molar-refractivity contribution in [3.8, 4) is 0 Å². The first-order chi connectivity index (χ1) is 12.7. The molecule has 148 valence electrons. The van der Waals surface area contributed by atoms with Crippen LogP contribution in [-0.4, -0.2) is 33.4 Å². The van der Waals surface area contributed by atoms with Gasteiger partial charge in [0.15, 0.2) is 0 Å². The maximum Gasteiger partial charge on any atom is 0.271 e. The number of anilines is 1. The van der Waals surface area contributed by atoms with Crippen LogP contribution in [0.3, 0.4) is 0 Å². The van der Waals surface area contributed by atoms with Crippen molar-refractivity contribution in [2.24, 2.45) is 0 Å². The van der Waals surface area contributed by atoms with E-state index in [0.29, 0.717) is 25.1 Å². The second kappa shape index (κ2) is 7.90. The fourth-order valence-electron chi connectivity index (χ4n) is 3.12. The third kappa shape index (κ3) is 4.53. The SMILES string of the molecule is CCCS(=O)(=O)N1CCc2ccc(NS(=O)(=O)c3ccc(CC)s3)cc2C1. The zero-order valence-corrected chi connectivity index (χ0v) is 17.9. The van der Waals surface area contributed by atoms with Gasteiger partial charge in [0.05, 0.1) is 5.75 Å². The highest BCUT2D eigenvalue weighted by Gasteiger charge is 2.26. The fraction of sp³-hybridized carbons (Fsp3) is 0.444. The summed E-state index contributed by atoms with van der Waals surface area (Å²) in [5.41, 5.74) is 2.36. The van der Waals surface area contributed by atoms with Gasteiger partial charge in [-0.05, 0) is 54.7 Å². The minimum absolute atomic E-state index is 0.132. The summed E-state index contributed by atoms with van der Waals surface area (Å²) in [5.74, 6) is 0.132. The van der Waals surface area contributed by atoms with Crippen LogP contribution in [0.2, 0.25) is 0 Å². The third-order valence-corrected chi connectivity index (χ3v) is 9.67. The van der Waals surface area contributed by atoms with Crippen LogP contribution in [0.1, 0.15) is 36.3 Å². The predicted octanol–water partition coefficient (Wildman–Crippen LogP) is 3.21. The highest BCUT2D eigenvalue weighted by Crippen LogP contribution is 2.28. The summed E-state index contributed by atoms with van der Waals surface area (Å²) in [4.78, 5) is 1.01. The van der Waals surface area contributed by atoms with E-state index in [4.69, 9.17) is 0 Å². The second-order valence-electron chi connectivity index (χ2n) is 6.56. The van der Waals surface area contributed by atoms with Crippen LogP contribution in [-0.2, 0) is 39.4 Å². The van der Waals surface area contributed by atoms with Crippen molar-refractivity contribution in [1.29, 1.82) is 0 Å². The molecule has 0 amide bonds. The lowest BCUT2D eigenvalue weighted by atomic mass is 10.0. The van der Waals surface area contributed by atoms with Gasteiger partial charge in [-0.1, -0.05) is 19.9 Å². The Morgan fingerprint density at radius 1 is 1.07 bits per heavy atom. The number of benzene rings is 1. The first kappa shape index (κ1) is 20.3. The van der Waals surface area contributed by atoms with Crippen molar-refractivity contribution in [2.75, 3.05) is 17.0 Å². The molecule has 1 N–H and O–H groups in total. The number of hydrogen-bond acceptors (Lipinski definition) is 5. The van der Waals surface area contributed by atoms with Crippen LogP contribution < -0.4 is 4.72 Å². The molecule has 0 saturated carbocycles. The molecular formula is C18H24N2O4S3. The summed E-state index contributed by atoms with van der Waals surface area (Å²) >= 11 is 1.26. The number of rotatable bonds is 7. The van der Waals surface area contributed by atoms with E-state index in [-0.39, 0.29) is 16.5 Å². The number of fused-ring (bicyclic) bond motifs is 1. The zero-order valence-electron chi connectivity index (χ0n) is 15.4. The summed E-state index contributed by atoms with van der Waals surface area (Å²) < 4.78 is 54.3. The first-order valence-corrected chi connectivity index (χ1v) is 12.9. The smallest absolute Gasteiger partial charge is 0.271 e. The van der Waals surface area contributed by atoms with Gasteiger partial charge in [-0.25, -0.2) is 16.8 Å². The van der Waals surface area contributed by atoms with E-state index in [1.807, 2.05) is 26.0 Å². The van der Waals surface area contributed by atoms with Crippen molar-refractivity contribution in [2.45, 2.75) is 43.9 Å². The molecular weight excluding hydrogens is 404 g/mol. The molecule has 2 aromatic rings. The van der Waals surface area contributed by atoms with Gasteiger partial charge in [0.2, 0.25) is 10.0 Å². The van der Waals surface area contributed by atoms with E-state index < -0.39 is 20.0 Å². The van der Waals surface area contributed by atoms with Crippen LogP contribution in [0.4, 0.5) is 5.69 Å². The normalized spacial score (nSPS) is 15.5. The van der Waals surface area contributed by atoms with Gasteiger partial charge < -0.3 is 0 Å². The summed E-state index contributed by atoms with van der Waals surface area (Å²) in [6, 6.07) is 8.80. The molecule has 3 rings (SSSR count). The number of nitrogens with zero attached hydrogens (tertiary/aromatic N) is 1. The number of sulfonamides is 2. The van der Waals surface area contributed by atoms with Crippen molar-refractivity contribution < 1.29 is 16.8 Å². The van der Waals surface area contributed by atoms with Crippen molar-refractivity contribution in [1.82, 2.24) is 4.31 Å². The number of nitrogens with one attached hydrogen (secondary N) is 1. The minimum Gasteiger partial charge on any atom is -0.279 e. The van der Waals surface area contributed by atoms with Crippen molar-refractivity contribution in [3.05, 3.63) is 46.3 Å². The summed E-state index contributed by atoms with van der Waals surface area (Å²) in [5, 5.41) is 0. The van der Waals surface area contributed by atoms with Gasteiger partial charge >= 0.3 is 0 Å². The third-order valence-electron chi connectivity index (χ3n) is 4.54. The average Bonchev–Trinajstić information content (AvgIpc) is 3.11. The van der Waals surface area contributed by atoms with Crippen LogP contribution in [0.25, 0.3) is 0 Å². The zero-order chi connectivity index (χ0) is 19.7. The molecule has 1 aromatic carbocycles. The maximum absolute atomic E-state index is 12.6. The number of thiophene rings is 1. The molecule has 0 atom stereocenters. The Balaban J connectivity index is 1.82. The molecule has 27 heavy (non-hydrogen) atoms. The average molecular weight is 429 g/mol. The molecule has 0 saturated heterocycles. The van der Waals surface area contributed by atoms with Gasteiger partial charge in [0.1, 0.15) is 4.21 Å². The molecule has 0 spiro atoms. The molecule has 0 radical (unpaired) electrons. The lowest BCUT2D eigenvalue weighted by molar-refractivity contribution is 0.391. The second-order valence-corrected chi connectivity index (χ2v) is 11.7. The van der Waals surface area contributed by atoms with Gasteiger partial charge in [-0.15, -0.1) is 11.3 Å². The molecule has 0 bridgehead atoms. The van der Waals surface area contributed by atoms with Gasteiger partial charge in [0, 0.05) is 23.7 Å². The maximum atomic E-state index is 12.6. The van der Waals surface area contributed by atoms with Crippen molar-refractivity contribution in [3.63, 3.8) is 0 Å². The fourth-order valence-corrected chi connectivity index (χ4v) is 6.94. The topological polar surface area (TPSA) is 83.6 Å². The standard InChI is InChI=1S/C18H24N2O4S3/c1-3-11-26(21,22)20-10-9-14-5-6-16(12-15(14)13-20)19-27(23,24)18-8-7-17(4-2)25-18/h5-8,12,19H,3-4,9-11,13H2,1-2H3. The monoisotopic (exact) mass is 428 g/mol. The Hall–Kier alpha value is -1.42. The predicted molar refractivity (Wildman–Crippen MR) is 109 cm³/mol. The highest BCUT2D eigenvalue weighted by atomic mass is 32.2. The molecule has 0 aliphatic carbocycles. The largest absolute Gasteiger partial charge is 0.279 e. The van der Waals surface area contributed by atoms with E-state index in [9.17, 15) is 16.8 Å². The number of aryl methyl sites for hydroxylation is 1. The summed E-state index contributed by atoms with van der Waals surface area (Å²) in [7, 11) is -6.91. The molecule has 2 heterocycles. The van der Waals surface area contributed by atoms with Crippen LogP contribution in [0, 0.1) is 0 Å². The van der Waals surface area contributed by atoms with Gasteiger partial charge in [-0.2, -0.15) is 4.31 Å². The summed E-state index contributed by atoms with van der Waals surface area (Å²) in [6.45, 7) is 4.58. The van der Waals surface area contributed by atoms with Gasteiger partial charge in [-0.3, -0.25) is 4.72 Å². The lowest BCUT2D eigenvalue weighted by Gasteiger charge is -2.28. The van der Waals surface area contributed by atoms with Crippen LogP contribution in [0.15, 0.2) is 34.5 Å². The molecule has 1 aromatic heterocycles. The Bertz CT molecular complexity index is 1030. The molecule has 0 fully saturated rings. The van der Waals surface area contributed by atoms with Crippen molar-refractivity contribution >= 4 is 37.1 Å². The number of hydrogen-bond donors (Lipinski definition) is 1. The van der Waals surface area contributed by atoms with E-state index in [2.05, 4.69) is 4.72 Å². The molecule has 6 nitrogen and oxygen atoms in total. The molecule has 9 heteroatoms. The van der Waals surface area contributed by atoms with E-state index in [1.54, 1.807) is 18.2 Å². The molecule has 0 unspecified atom stereocenters. The minimum atomic E-state index is -3.64. The quantitative estimate of drug-likeness (QED) is 0.734. The van der Waals surface area contributed by atoms with E-state index >= 15 is 0 Å². The van der Waals surface area contributed by atoms with Crippen LogP contribution >= 0.6 is 11.3 Å². The Morgan fingerprint density at radius 2 is 1.85 bits per heavy atom. The first-order valence-electron chi connectivity index (χ1n) is 8.96. The molecule has 1 aliphatic heterocycles. The van der Waals surface area contributed by atoms with E-state index in [1.165, 1.54) is 15.6 Å². The Morgan fingerprint density at radius 3 is 2.52 bits per heavy atom. The van der Waals surface area contributed by atoms with Gasteiger partial charge in [0.25, 0.3) is 10.0 Å². The van der Waals surface area contributed by atoms with Crippen LogP contribution in [0.5, 0.6) is 0 Å².